The third-order valence-corrected chi connectivity index (χ3v) is 3.36. The Morgan fingerprint density at radius 1 is 1.39 bits per heavy atom. The highest BCUT2D eigenvalue weighted by molar-refractivity contribution is 9.10. The van der Waals surface area contributed by atoms with Crippen LogP contribution in [-0.4, -0.2) is 26.1 Å². The molecule has 0 saturated carbocycles. The molecule has 1 aromatic rings. The molecule has 0 N–H and O–H groups in total. The summed E-state index contributed by atoms with van der Waals surface area (Å²) in [6.07, 6.45) is 1.78. The molecule has 0 amide bonds. The number of rotatable bonds is 8. The number of carbonyl (C=O) groups excluding carboxylic acids is 1. The van der Waals surface area contributed by atoms with Crippen LogP contribution in [0.25, 0.3) is 0 Å². The maximum Gasteiger partial charge on any atom is 0.137 e. The summed E-state index contributed by atoms with van der Waals surface area (Å²) >= 11 is 3.45. The van der Waals surface area contributed by atoms with Crippen molar-refractivity contribution >= 4 is 21.7 Å². The van der Waals surface area contributed by atoms with Gasteiger partial charge in [-0.25, -0.2) is 0 Å². The van der Waals surface area contributed by atoms with Crippen LogP contribution in [-0.2, 0) is 16.0 Å². The van der Waals surface area contributed by atoms with Gasteiger partial charge in [0.1, 0.15) is 11.5 Å². The van der Waals surface area contributed by atoms with Crippen molar-refractivity contribution in [3.63, 3.8) is 0 Å². The number of hydrogen-bond donors (Lipinski definition) is 0. The van der Waals surface area contributed by atoms with E-state index in [0.29, 0.717) is 26.1 Å². The molecule has 0 aliphatic heterocycles. The molecule has 0 radical (unpaired) electrons. The zero-order valence-electron chi connectivity index (χ0n) is 10.9. The second-order valence-corrected chi connectivity index (χ2v) is 4.83. The highest BCUT2D eigenvalue weighted by atomic mass is 79.9. The Bertz CT molecular complexity index is 391. The Kier molecular flexibility index (Phi) is 6.98. The van der Waals surface area contributed by atoms with Crippen molar-refractivity contribution in [2.45, 2.75) is 26.2 Å². The summed E-state index contributed by atoms with van der Waals surface area (Å²) in [5.74, 6) is 0.999. The minimum absolute atomic E-state index is 0.226. The first-order valence-corrected chi connectivity index (χ1v) is 6.88. The second-order valence-electron chi connectivity index (χ2n) is 3.97. The minimum atomic E-state index is 0.226. The normalized spacial score (nSPS) is 10.4. The predicted octanol–water partition coefficient (Wildman–Crippen LogP) is 3.39. The summed E-state index contributed by atoms with van der Waals surface area (Å²) in [6, 6.07) is 5.67. The largest absolute Gasteiger partial charge is 0.497 e. The fourth-order valence-electron chi connectivity index (χ4n) is 1.63. The summed E-state index contributed by atoms with van der Waals surface area (Å²) in [6.45, 7) is 3.31. The number of Topliss-reactive ketones (excluding diaryl/α,β-unsaturated/α-hetero) is 1. The summed E-state index contributed by atoms with van der Waals surface area (Å²) in [4.78, 5) is 11.8. The number of benzene rings is 1. The van der Waals surface area contributed by atoms with Crippen molar-refractivity contribution in [2.75, 3.05) is 20.3 Å². The Morgan fingerprint density at radius 3 is 2.83 bits per heavy atom. The SMILES string of the molecule is CCOCCCC(=O)Cc1cc(OC)ccc1Br. The molecule has 0 bridgehead atoms. The zero-order valence-corrected chi connectivity index (χ0v) is 12.5. The van der Waals surface area contributed by atoms with Crippen LogP contribution in [0.4, 0.5) is 0 Å². The van der Waals surface area contributed by atoms with Crippen LogP contribution in [0.3, 0.4) is 0 Å². The molecular formula is C14H19BrO3. The third kappa shape index (κ3) is 5.19. The van der Waals surface area contributed by atoms with Gasteiger partial charge in [0.25, 0.3) is 0 Å². The first-order chi connectivity index (χ1) is 8.67. The van der Waals surface area contributed by atoms with Gasteiger partial charge in [0.2, 0.25) is 0 Å². The molecule has 0 aromatic heterocycles. The van der Waals surface area contributed by atoms with Gasteiger partial charge < -0.3 is 9.47 Å². The summed E-state index contributed by atoms with van der Waals surface area (Å²) < 4.78 is 11.3. The van der Waals surface area contributed by atoms with Crippen molar-refractivity contribution in [1.29, 1.82) is 0 Å². The quantitative estimate of drug-likeness (QED) is 0.690. The first kappa shape index (κ1) is 15.2. The molecule has 100 valence electrons. The summed E-state index contributed by atoms with van der Waals surface area (Å²) in [7, 11) is 1.62. The number of hydrogen-bond acceptors (Lipinski definition) is 3. The van der Waals surface area contributed by atoms with Crippen LogP contribution in [0.1, 0.15) is 25.3 Å². The van der Waals surface area contributed by atoms with E-state index < -0.39 is 0 Å². The highest BCUT2D eigenvalue weighted by Crippen LogP contribution is 2.23. The topological polar surface area (TPSA) is 35.5 Å². The van der Waals surface area contributed by atoms with Crippen LogP contribution in [0.15, 0.2) is 22.7 Å². The van der Waals surface area contributed by atoms with Gasteiger partial charge in [0.15, 0.2) is 0 Å². The number of methoxy groups -OCH3 is 1. The standard InChI is InChI=1S/C14H19BrO3/c1-3-18-8-4-5-12(16)9-11-10-13(17-2)6-7-14(11)15/h6-7,10H,3-5,8-9H2,1-2H3. The van der Waals surface area contributed by atoms with Gasteiger partial charge in [-0.3, -0.25) is 4.79 Å². The Morgan fingerprint density at radius 2 is 2.17 bits per heavy atom. The number of carbonyl (C=O) groups is 1. The van der Waals surface area contributed by atoms with Crippen LogP contribution in [0.2, 0.25) is 0 Å². The molecule has 0 atom stereocenters. The molecule has 1 aromatic carbocycles. The minimum Gasteiger partial charge on any atom is -0.497 e. The smallest absolute Gasteiger partial charge is 0.137 e. The van der Waals surface area contributed by atoms with E-state index in [0.717, 1.165) is 22.2 Å². The molecule has 0 saturated heterocycles. The van der Waals surface area contributed by atoms with E-state index in [-0.39, 0.29) is 5.78 Å². The lowest BCUT2D eigenvalue weighted by Crippen LogP contribution is -2.05. The highest BCUT2D eigenvalue weighted by Gasteiger charge is 2.08. The monoisotopic (exact) mass is 314 g/mol. The molecule has 0 aliphatic rings. The van der Waals surface area contributed by atoms with E-state index >= 15 is 0 Å². The molecule has 1 rings (SSSR count). The average molecular weight is 315 g/mol. The number of ether oxygens (including phenoxy) is 2. The zero-order chi connectivity index (χ0) is 13.4. The lowest BCUT2D eigenvalue weighted by Gasteiger charge is -2.07. The van der Waals surface area contributed by atoms with Crippen LogP contribution < -0.4 is 4.74 Å². The molecule has 0 spiro atoms. The van der Waals surface area contributed by atoms with Crippen LogP contribution >= 0.6 is 15.9 Å². The van der Waals surface area contributed by atoms with E-state index in [9.17, 15) is 4.79 Å². The van der Waals surface area contributed by atoms with Crippen molar-refractivity contribution in [1.82, 2.24) is 0 Å². The van der Waals surface area contributed by atoms with Gasteiger partial charge in [0, 0.05) is 30.5 Å². The maximum atomic E-state index is 11.8. The predicted molar refractivity (Wildman–Crippen MR) is 75.1 cm³/mol. The molecule has 0 aliphatic carbocycles. The van der Waals surface area contributed by atoms with Gasteiger partial charge in [-0.05, 0) is 37.1 Å². The van der Waals surface area contributed by atoms with Gasteiger partial charge >= 0.3 is 0 Å². The van der Waals surface area contributed by atoms with Crippen molar-refractivity contribution in [3.8, 4) is 5.75 Å². The number of halogens is 1. The van der Waals surface area contributed by atoms with E-state index in [2.05, 4.69) is 15.9 Å². The summed E-state index contributed by atoms with van der Waals surface area (Å²) in [5, 5.41) is 0. The molecule has 0 unspecified atom stereocenters. The van der Waals surface area contributed by atoms with Crippen molar-refractivity contribution in [3.05, 3.63) is 28.2 Å². The maximum absolute atomic E-state index is 11.8. The molecule has 4 heteroatoms. The third-order valence-electron chi connectivity index (χ3n) is 2.59. The fourth-order valence-corrected chi connectivity index (χ4v) is 2.02. The first-order valence-electron chi connectivity index (χ1n) is 6.09. The van der Waals surface area contributed by atoms with Gasteiger partial charge in [-0.2, -0.15) is 0 Å². The average Bonchev–Trinajstić information content (AvgIpc) is 2.37. The molecular weight excluding hydrogens is 296 g/mol. The summed E-state index contributed by atoms with van der Waals surface area (Å²) in [5.41, 5.74) is 0.968. The van der Waals surface area contributed by atoms with Gasteiger partial charge in [0.05, 0.1) is 7.11 Å². The van der Waals surface area contributed by atoms with Crippen LogP contribution in [0, 0.1) is 0 Å². The van der Waals surface area contributed by atoms with Gasteiger partial charge in [-0.1, -0.05) is 15.9 Å². The van der Waals surface area contributed by atoms with Gasteiger partial charge in [-0.15, -0.1) is 0 Å². The Labute approximate surface area is 117 Å². The van der Waals surface area contributed by atoms with Crippen molar-refractivity contribution in [2.24, 2.45) is 0 Å². The van der Waals surface area contributed by atoms with E-state index in [1.54, 1.807) is 7.11 Å². The molecule has 3 nitrogen and oxygen atoms in total. The Balaban J connectivity index is 2.48. The second kappa shape index (κ2) is 8.27. The van der Waals surface area contributed by atoms with E-state index in [1.165, 1.54) is 0 Å². The lowest BCUT2D eigenvalue weighted by atomic mass is 10.1. The fraction of sp³-hybridized carbons (Fsp3) is 0.500. The lowest BCUT2D eigenvalue weighted by molar-refractivity contribution is -0.118. The van der Waals surface area contributed by atoms with Crippen LogP contribution in [0.5, 0.6) is 5.75 Å². The number of ketones is 1. The molecule has 0 fully saturated rings. The van der Waals surface area contributed by atoms with E-state index in [1.807, 2.05) is 25.1 Å². The Hall–Kier alpha value is -0.870. The molecule has 0 heterocycles. The van der Waals surface area contributed by atoms with E-state index in [4.69, 9.17) is 9.47 Å². The molecule has 18 heavy (non-hydrogen) atoms. The van der Waals surface area contributed by atoms with Crippen molar-refractivity contribution < 1.29 is 14.3 Å².